The summed E-state index contributed by atoms with van der Waals surface area (Å²) in [6.45, 7) is 10.9. The Morgan fingerprint density at radius 3 is 2.38 bits per heavy atom. The van der Waals surface area contributed by atoms with E-state index in [-0.39, 0.29) is 0 Å². The van der Waals surface area contributed by atoms with Gasteiger partial charge in [0.1, 0.15) is 0 Å². The molecule has 0 aliphatic rings. The zero-order valence-corrected chi connectivity index (χ0v) is 13.5. The highest BCUT2D eigenvalue weighted by Gasteiger charge is 2.13. The number of para-hydroxylation sites is 1. The maximum absolute atomic E-state index is 4.41. The van der Waals surface area contributed by atoms with Gasteiger partial charge in [-0.2, -0.15) is 0 Å². The van der Waals surface area contributed by atoms with Gasteiger partial charge in [-0.25, -0.2) is 4.98 Å². The summed E-state index contributed by atoms with van der Waals surface area (Å²) in [4.78, 5) is 6.89. The van der Waals surface area contributed by atoms with Crippen LogP contribution in [-0.2, 0) is 0 Å². The number of rotatable bonds is 7. The summed E-state index contributed by atoms with van der Waals surface area (Å²) in [5, 5.41) is 3.44. The summed E-state index contributed by atoms with van der Waals surface area (Å²) in [7, 11) is 0. The summed E-state index contributed by atoms with van der Waals surface area (Å²) < 4.78 is 2.08. The van der Waals surface area contributed by atoms with E-state index in [4.69, 9.17) is 0 Å². The van der Waals surface area contributed by atoms with Gasteiger partial charge in [0, 0.05) is 43.3 Å². The summed E-state index contributed by atoms with van der Waals surface area (Å²) in [5.41, 5.74) is 1.13. The molecule has 0 aliphatic carbocycles. The van der Waals surface area contributed by atoms with Crippen molar-refractivity contribution < 1.29 is 0 Å². The Balaban J connectivity index is 1.97. The normalized spacial score (nSPS) is 11.6. The third-order valence-electron chi connectivity index (χ3n) is 3.65. The van der Waals surface area contributed by atoms with E-state index >= 15 is 0 Å². The Hall–Kier alpha value is -1.81. The van der Waals surface area contributed by atoms with Gasteiger partial charge in [0.15, 0.2) is 0 Å². The summed E-state index contributed by atoms with van der Waals surface area (Å²) in [5.74, 6) is 0.897. The second-order valence-corrected chi connectivity index (χ2v) is 5.81. The van der Waals surface area contributed by atoms with Crippen molar-refractivity contribution >= 4 is 5.95 Å². The van der Waals surface area contributed by atoms with Gasteiger partial charge in [-0.15, -0.1) is 0 Å². The molecule has 0 saturated heterocycles. The van der Waals surface area contributed by atoms with Gasteiger partial charge in [0.25, 0.3) is 0 Å². The monoisotopic (exact) mass is 286 g/mol. The average Bonchev–Trinajstić information content (AvgIpc) is 2.92. The van der Waals surface area contributed by atoms with E-state index in [1.54, 1.807) is 0 Å². The second-order valence-electron chi connectivity index (χ2n) is 5.81. The van der Waals surface area contributed by atoms with Crippen LogP contribution in [-0.4, -0.2) is 39.6 Å². The van der Waals surface area contributed by atoms with Crippen molar-refractivity contribution in [3.63, 3.8) is 0 Å². The van der Waals surface area contributed by atoms with E-state index in [0.717, 1.165) is 24.7 Å². The first kappa shape index (κ1) is 15.6. The first-order chi connectivity index (χ1) is 10.1. The predicted molar refractivity (Wildman–Crippen MR) is 89.0 cm³/mol. The van der Waals surface area contributed by atoms with E-state index in [1.165, 1.54) is 0 Å². The molecule has 2 rings (SSSR count). The fourth-order valence-electron chi connectivity index (χ4n) is 2.64. The molecule has 0 spiro atoms. The lowest BCUT2D eigenvalue weighted by atomic mass is 10.2. The number of hydrogen-bond donors (Lipinski definition) is 1. The molecule has 0 atom stereocenters. The minimum Gasteiger partial charge on any atom is -0.354 e. The predicted octanol–water partition coefficient (Wildman–Crippen LogP) is 3.40. The smallest absolute Gasteiger partial charge is 0.207 e. The van der Waals surface area contributed by atoms with Crippen molar-refractivity contribution in [1.29, 1.82) is 0 Å². The van der Waals surface area contributed by atoms with Gasteiger partial charge in [0.2, 0.25) is 5.95 Å². The second kappa shape index (κ2) is 7.27. The molecular weight excluding hydrogens is 260 g/mol. The van der Waals surface area contributed by atoms with Crippen molar-refractivity contribution in [1.82, 2.24) is 14.5 Å². The van der Waals surface area contributed by atoms with Crippen LogP contribution in [0, 0.1) is 0 Å². The lowest BCUT2D eigenvalue weighted by Crippen LogP contribution is -2.40. The van der Waals surface area contributed by atoms with Crippen LogP contribution in [0.25, 0.3) is 5.69 Å². The van der Waals surface area contributed by atoms with Gasteiger partial charge in [-0.3, -0.25) is 9.47 Å². The molecule has 0 radical (unpaired) electrons. The van der Waals surface area contributed by atoms with E-state index in [0.29, 0.717) is 12.1 Å². The fraction of sp³-hybridized carbons (Fsp3) is 0.471. The molecule has 0 saturated carbocycles. The van der Waals surface area contributed by atoms with Crippen molar-refractivity contribution in [3.8, 4) is 5.69 Å². The van der Waals surface area contributed by atoms with Crippen LogP contribution < -0.4 is 5.32 Å². The Labute approximate surface area is 127 Å². The van der Waals surface area contributed by atoms with E-state index < -0.39 is 0 Å². The van der Waals surface area contributed by atoms with Crippen molar-refractivity contribution in [2.24, 2.45) is 0 Å². The Morgan fingerprint density at radius 1 is 1.10 bits per heavy atom. The van der Waals surface area contributed by atoms with Gasteiger partial charge in [0.05, 0.1) is 0 Å². The van der Waals surface area contributed by atoms with Crippen molar-refractivity contribution in [2.75, 3.05) is 18.4 Å². The quantitative estimate of drug-likeness (QED) is 0.847. The molecule has 1 N–H and O–H groups in total. The number of nitrogens with zero attached hydrogens (tertiary/aromatic N) is 3. The molecule has 0 fully saturated rings. The number of aromatic nitrogens is 2. The minimum absolute atomic E-state index is 0.556. The number of benzene rings is 1. The highest BCUT2D eigenvalue weighted by molar-refractivity contribution is 5.41. The lowest BCUT2D eigenvalue weighted by Gasteiger charge is -2.30. The first-order valence-corrected chi connectivity index (χ1v) is 7.68. The van der Waals surface area contributed by atoms with Gasteiger partial charge >= 0.3 is 0 Å². The maximum atomic E-state index is 4.41. The molecular formula is C17H26N4. The molecule has 0 bridgehead atoms. The number of anilines is 1. The summed E-state index contributed by atoms with van der Waals surface area (Å²) >= 11 is 0. The molecule has 0 amide bonds. The number of hydrogen-bond acceptors (Lipinski definition) is 3. The average molecular weight is 286 g/mol. The van der Waals surface area contributed by atoms with Crippen LogP contribution in [0.1, 0.15) is 27.7 Å². The SMILES string of the molecule is CC(C)N(CCNc1nccn1-c1ccccc1)C(C)C. The molecule has 2 aromatic rings. The summed E-state index contributed by atoms with van der Waals surface area (Å²) in [6.07, 6.45) is 3.82. The fourth-order valence-corrected chi connectivity index (χ4v) is 2.64. The largest absolute Gasteiger partial charge is 0.354 e. The third kappa shape index (κ3) is 4.08. The van der Waals surface area contributed by atoms with Gasteiger partial charge in [-0.05, 0) is 39.8 Å². The Morgan fingerprint density at radius 2 is 1.76 bits per heavy atom. The third-order valence-corrected chi connectivity index (χ3v) is 3.65. The van der Waals surface area contributed by atoms with Crippen LogP contribution in [0.2, 0.25) is 0 Å². The zero-order valence-electron chi connectivity index (χ0n) is 13.5. The van der Waals surface area contributed by atoms with Gasteiger partial charge in [-0.1, -0.05) is 18.2 Å². The minimum atomic E-state index is 0.556. The number of imidazole rings is 1. The van der Waals surface area contributed by atoms with Crippen LogP contribution >= 0.6 is 0 Å². The van der Waals surface area contributed by atoms with Crippen molar-refractivity contribution in [3.05, 3.63) is 42.7 Å². The van der Waals surface area contributed by atoms with Gasteiger partial charge < -0.3 is 5.32 Å². The molecule has 1 heterocycles. The molecule has 114 valence electrons. The Kier molecular flexibility index (Phi) is 5.39. The van der Waals surface area contributed by atoms with Crippen LogP contribution in [0.3, 0.4) is 0 Å². The highest BCUT2D eigenvalue weighted by Crippen LogP contribution is 2.13. The van der Waals surface area contributed by atoms with E-state index in [1.807, 2.05) is 30.6 Å². The molecule has 4 nitrogen and oxygen atoms in total. The highest BCUT2D eigenvalue weighted by atomic mass is 15.2. The molecule has 4 heteroatoms. The van der Waals surface area contributed by atoms with E-state index in [2.05, 4.69) is 59.6 Å². The number of nitrogens with one attached hydrogen (secondary N) is 1. The van der Waals surface area contributed by atoms with Crippen LogP contribution in [0.15, 0.2) is 42.7 Å². The van der Waals surface area contributed by atoms with Crippen LogP contribution in [0.5, 0.6) is 0 Å². The zero-order chi connectivity index (χ0) is 15.2. The Bertz CT molecular complexity index is 523. The first-order valence-electron chi connectivity index (χ1n) is 7.68. The molecule has 1 aromatic heterocycles. The molecule has 21 heavy (non-hydrogen) atoms. The standard InChI is InChI=1S/C17H26N4/c1-14(2)20(15(3)4)12-10-18-17-19-11-13-21(17)16-8-6-5-7-9-16/h5-9,11,13-15H,10,12H2,1-4H3,(H,18,19). The van der Waals surface area contributed by atoms with Crippen molar-refractivity contribution in [2.45, 2.75) is 39.8 Å². The maximum Gasteiger partial charge on any atom is 0.207 e. The molecule has 0 aliphatic heterocycles. The molecule has 1 aromatic carbocycles. The van der Waals surface area contributed by atoms with Crippen LogP contribution in [0.4, 0.5) is 5.95 Å². The summed E-state index contributed by atoms with van der Waals surface area (Å²) in [6, 6.07) is 11.4. The molecule has 0 unspecified atom stereocenters. The van der Waals surface area contributed by atoms with E-state index in [9.17, 15) is 0 Å². The topological polar surface area (TPSA) is 33.1 Å². The lowest BCUT2D eigenvalue weighted by molar-refractivity contribution is 0.182.